The molecule has 0 aliphatic carbocycles. The number of carbonyl (C=O) groups excluding carboxylic acids is 1. The van der Waals surface area contributed by atoms with Gasteiger partial charge in [0.25, 0.3) is 5.56 Å². The number of nitrogens with zero attached hydrogens (tertiary/aromatic N) is 2. The molecule has 1 aromatic heterocycles. The molecule has 160 valence electrons. The van der Waals surface area contributed by atoms with Crippen molar-refractivity contribution in [3.05, 3.63) is 93.7 Å². The number of hydrogen-bond donors (Lipinski definition) is 2. The number of hydrogen-bond acceptors (Lipinski definition) is 4. The number of anilines is 1. The van der Waals surface area contributed by atoms with Crippen LogP contribution >= 0.6 is 0 Å². The molecule has 0 saturated carbocycles. The summed E-state index contributed by atoms with van der Waals surface area (Å²) in [6, 6.07) is 16.9. The molecule has 7 heteroatoms. The Hall–Kier alpha value is -3.48. The van der Waals surface area contributed by atoms with E-state index in [9.17, 15) is 14.0 Å². The van der Waals surface area contributed by atoms with E-state index >= 15 is 0 Å². The summed E-state index contributed by atoms with van der Waals surface area (Å²) in [6.07, 6.45) is 2.45. The Balaban J connectivity index is 1.55. The minimum absolute atomic E-state index is 0.0577. The first-order valence-corrected chi connectivity index (χ1v) is 10.5. The highest BCUT2D eigenvalue weighted by Crippen LogP contribution is 2.20. The molecular weight excluding hydrogens is 395 g/mol. The first kappa shape index (κ1) is 20.8. The van der Waals surface area contributed by atoms with Crippen molar-refractivity contribution in [1.82, 2.24) is 15.3 Å². The zero-order chi connectivity index (χ0) is 21.6. The first-order valence-electron chi connectivity index (χ1n) is 10.5. The van der Waals surface area contributed by atoms with Gasteiger partial charge in [0.05, 0.1) is 18.2 Å². The van der Waals surface area contributed by atoms with E-state index in [1.54, 1.807) is 18.2 Å². The number of aromatic nitrogens is 2. The van der Waals surface area contributed by atoms with E-state index < -0.39 is 5.82 Å². The fourth-order valence-electron chi connectivity index (χ4n) is 3.88. The molecule has 2 heterocycles. The second kappa shape index (κ2) is 9.55. The number of benzene rings is 2. The predicted molar refractivity (Wildman–Crippen MR) is 117 cm³/mol. The number of nitrogens with one attached hydrogen (secondary N) is 2. The molecular formula is C24H25FN4O2. The summed E-state index contributed by atoms with van der Waals surface area (Å²) in [4.78, 5) is 34.5. The van der Waals surface area contributed by atoms with Crippen LogP contribution < -0.4 is 15.8 Å². The standard InChI is InChI=1S/C24H25FN4O2/c25-20-11-5-4-10-18(20)14-22(30)27-21(17-8-2-1-3-9-17)15-19-16-23(31)28-24(26-19)29-12-6-7-13-29/h1-5,8-11,16,21H,6-7,12-15H2,(H,27,30)(H,26,28,31)/t21-/m0/s1. The van der Waals surface area contributed by atoms with Crippen LogP contribution in [0.5, 0.6) is 0 Å². The first-order chi connectivity index (χ1) is 15.1. The number of amides is 1. The van der Waals surface area contributed by atoms with Crippen LogP contribution in [-0.4, -0.2) is 29.0 Å². The van der Waals surface area contributed by atoms with Gasteiger partial charge in [-0.2, -0.15) is 0 Å². The molecule has 0 bridgehead atoms. The van der Waals surface area contributed by atoms with Crippen LogP contribution in [0.3, 0.4) is 0 Å². The Morgan fingerprint density at radius 1 is 1.10 bits per heavy atom. The molecule has 0 unspecified atom stereocenters. The zero-order valence-corrected chi connectivity index (χ0v) is 17.2. The predicted octanol–water partition coefficient (Wildman–Crippen LogP) is 3.15. The van der Waals surface area contributed by atoms with Crippen molar-refractivity contribution >= 4 is 11.9 Å². The lowest BCUT2D eigenvalue weighted by atomic mass is 10.0. The van der Waals surface area contributed by atoms with E-state index in [4.69, 9.17) is 0 Å². The summed E-state index contributed by atoms with van der Waals surface area (Å²) in [6.45, 7) is 1.74. The summed E-state index contributed by atoms with van der Waals surface area (Å²) in [5, 5.41) is 2.99. The molecule has 3 aromatic rings. The Morgan fingerprint density at radius 2 is 1.81 bits per heavy atom. The molecule has 1 amide bonds. The third kappa shape index (κ3) is 5.36. The van der Waals surface area contributed by atoms with Crippen molar-refractivity contribution in [2.45, 2.75) is 31.7 Å². The third-order valence-corrected chi connectivity index (χ3v) is 5.45. The van der Waals surface area contributed by atoms with Crippen LogP contribution in [0.2, 0.25) is 0 Å². The van der Waals surface area contributed by atoms with Crippen LogP contribution in [0.15, 0.2) is 65.5 Å². The lowest BCUT2D eigenvalue weighted by Crippen LogP contribution is -2.32. The Labute approximate surface area is 180 Å². The SMILES string of the molecule is O=C(Cc1ccccc1F)N[C@@H](Cc1cc(=O)[nH]c(N2CCCC2)n1)c1ccccc1. The lowest BCUT2D eigenvalue weighted by molar-refractivity contribution is -0.121. The zero-order valence-electron chi connectivity index (χ0n) is 17.2. The van der Waals surface area contributed by atoms with Crippen molar-refractivity contribution in [2.24, 2.45) is 0 Å². The number of aromatic amines is 1. The minimum Gasteiger partial charge on any atom is -0.349 e. The quantitative estimate of drug-likeness (QED) is 0.616. The summed E-state index contributed by atoms with van der Waals surface area (Å²) in [5.74, 6) is -0.117. The fourth-order valence-corrected chi connectivity index (χ4v) is 3.88. The van der Waals surface area contributed by atoms with Gasteiger partial charge in [0, 0.05) is 25.6 Å². The Bertz CT molecular complexity index is 1090. The summed E-state index contributed by atoms with van der Waals surface area (Å²) >= 11 is 0. The van der Waals surface area contributed by atoms with E-state index in [1.807, 2.05) is 30.3 Å². The molecule has 0 spiro atoms. The Kier molecular flexibility index (Phi) is 6.40. The van der Waals surface area contributed by atoms with Crippen molar-refractivity contribution in [1.29, 1.82) is 0 Å². The van der Waals surface area contributed by atoms with Gasteiger partial charge < -0.3 is 10.2 Å². The van der Waals surface area contributed by atoms with Crippen LogP contribution in [0.4, 0.5) is 10.3 Å². The lowest BCUT2D eigenvalue weighted by Gasteiger charge is -2.21. The van der Waals surface area contributed by atoms with Crippen LogP contribution in [0.1, 0.15) is 35.7 Å². The smallest absolute Gasteiger partial charge is 0.252 e. The molecule has 1 atom stereocenters. The van der Waals surface area contributed by atoms with E-state index in [0.29, 0.717) is 23.6 Å². The van der Waals surface area contributed by atoms with Gasteiger partial charge in [-0.3, -0.25) is 14.6 Å². The number of halogens is 1. The molecule has 0 radical (unpaired) electrons. The topological polar surface area (TPSA) is 78.1 Å². The number of carbonyl (C=O) groups is 1. The molecule has 2 aromatic carbocycles. The number of rotatable bonds is 7. The molecule has 2 N–H and O–H groups in total. The van der Waals surface area contributed by atoms with Gasteiger partial charge in [-0.05, 0) is 30.0 Å². The highest BCUT2D eigenvalue weighted by atomic mass is 19.1. The summed E-state index contributed by atoms with van der Waals surface area (Å²) < 4.78 is 14.0. The van der Waals surface area contributed by atoms with Crippen molar-refractivity contribution in [2.75, 3.05) is 18.0 Å². The molecule has 1 fully saturated rings. The highest BCUT2D eigenvalue weighted by molar-refractivity contribution is 5.79. The Morgan fingerprint density at radius 3 is 2.55 bits per heavy atom. The maximum absolute atomic E-state index is 14.0. The van der Waals surface area contributed by atoms with E-state index in [2.05, 4.69) is 20.2 Å². The van der Waals surface area contributed by atoms with Gasteiger partial charge in [-0.15, -0.1) is 0 Å². The average Bonchev–Trinajstić information content (AvgIpc) is 3.30. The average molecular weight is 420 g/mol. The monoisotopic (exact) mass is 420 g/mol. The largest absolute Gasteiger partial charge is 0.349 e. The molecule has 4 rings (SSSR count). The maximum Gasteiger partial charge on any atom is 0.252 e. The second-order valence-electron chi connectivity index (χ2n) is 7.76. The molecule has 1 aliphatic rings. The second-order valence-corrected chi connectivity index (χ2v) is 7.76. The van der Waals surface area contributed by atoms with E-state index in [1.165, 1.54) is 12.1 Å². The van der Waals surface area contributed by atoms with Crippen molar-refractivity contribution in [3.63, 3.8) is 0 Å². The molecule has 1 aliphatic heterocycles. The molecule has 6 nitrogen and oxygen atoms in total. The summed E-state index contributed by atoms with van der Waals surface area (Å²) in [7, 11) is 0. The van der Waals surface area contributed by atoms with Gasteiger partial charge in [0.1, 0.15) is 5.82 Å². The van der Waals surface area contributed by atoms with Crippen LogP contribution in [0.25, 0.3) is 0 Å². The third-order valence-electron chi connectivity index (χ3n) is 5.45. The summed E-state index contributed by atoms with van der Waals surface area (Å²) in [5.41, 5.74) is 1.63. The van der Waals surface area contributed by atoms with Crippen molar-refractivity contribution in [3.8, 4) is 0 Å². The van der Waals surface area contributed by atoms with Gasteiger partial charge in [-0.25, -0.2) is 9.37 Å². The van der Waals surface area contributed by atoms with Crippen LogP contribution in [0, 0.1) is 5.82 Å². The molecule has 31 heavy (non-hydrogen) atoms. The highest BCUT2D eigenvalue weighted by Gasteiger charge is 2.20. The van der Waals surface area contributed by atoms with Gasteiger partial charge in [0.15, 0.2) is 0 Å². The van der Waals surface area contributed by atoms with Crippen molar-refractivity contribution < 1.29 is 9.18 Å². The van der Waals surface area contributed by atoms with Gasteiger partial charge >= 0.3 is 0 Å². The number of H-pyrrole nitrogens is 1. The van der Waals surface area contributed by atoms with Gasteiger partial charge in [0.2, 0.25) is 11.9 Å². The van der Waals surface area contributed by atoms with E-state index in [0.717, 1.165) is 31.5 Å². The maximum atomic E-state index is 14.0. The molecule has 1 saturated heterocycles. The minimum atomic E-state index is -0.402. The van der Waals surface area contributed by atoms with E-state index in [-0.39, 0.29) is 23.9 Å². The van der Waals surface area contributed by atoms with Gasteiger partial charge in [-0.1, -0.05) is 48.5 Å². The normalized spacial score (nSPS) is 14.4. The van der Waals surface area contributed by atoms with Crippen LogP contribution in [-0.2, 0) is 17.6 Å². The fraction of sp³-hybridized carbons (Fsp3) is 0.292.